The van der Waals surface area contributed by atoms with Gasteiger partial charge in [0.05, 0.1) is 13.2 Å². The van der Waals surface area contributed by atoms with Crippen molar-refractivity contribution in [2.75, 3.05) is 17.3 Å². The minimum atomic E-state index is -1.08. The van der Waals surface area contributed by atoms with Gasteiger partial charge in [-0.3, -0.25) is 9.69 Å². The number of thiocarbonyl (C=S) groups is 1. The van der Waals surface area contributed by atoms with Gasteiger partial charge < -0.3 is 20.1 Å². The standard InChI is InChI=1S/C27H26BrN3O3S/c1-15-5-11-21(16(2)13-15)29-25(32)23-24-20-14-19(33-4)10-12-22(20)34-27(23,3)31(26(35)30-24)18-8-6-17(28)7-9-18/h5-14,23-24H,1-4H3,(H,29,32)(H,30,35)/t23-,24-,27-/m0/s1. The van der Waals surface area contributed by atoms with Crippen LogP contribution < -0.4 is 25.0 Å². The molecule has 2 aliphatic rings. The predicted molar refractivity (Wildman–Crippen MR) is 145 cm³/mol. The second-order valence-corrected chi connectivity index (χ2v) is 10.4. The fourth-order valence-electron chi connectivity index (χ4n) is 5.03. The van der Waals surface area contributed by atoms with Gasteiger partial charge in [0, 0.05) is 21.4 Å². The van der Waals surface area contributed by atoms with Gasteiger partial charge in [0.1, 0.15) is 17.4 Å². The van der Waals surface area contributed by atoms with Crippen molar-refractivity contribution in [1.29, 1.82) is 0 Å². The Morgan fingerprint density at radius 2 is 1.89 bits per heavy atom. The molecule has 1 amide bonds. The number of carbonyl (C=O) groups is 1. The van der Waals surface area contributed by atoms with Crippen molar-refractivity contribution >= 4 is 50.5 Å². The zero-order valence-corrected chi connectivity index (χ0v) is 22.3. The third-order valence-electron chi connectivity index (χ3n) is 6.71. The molecule has 2 bridgehead atoms. The van der Waals surface area contributed by atoms with Gasteiger partial charge in [-0.25, -0.2) is 0 Å². The first kappa shape index (κ1) is 23.6. The summed E-state index contributed by atoms with van der Waals surface area (Å²) in [6.45, 7) is 5.95. The number of carbonyl (C=O) groups excluding carboxylic acids is 1. The molecule has 5 rings (SSSR count). The van der Waals surface area contributed by atoms with Crippen molar-refractivity contribution in [2.24, 2.45) is 5.92 Å². The summed E-state index contributed by atoms with van der Waals surface area (Å²) in [6, 6.07) is 19.0. The van der Waals surface area contributed by atoms with Gasteiger partial charge >= 0.3 is 0 Å². The highest BCUT2D eigenvalue weighted by atomic mass is 79.9. The van der Waals surface area contributed by atoms with Crippen LogP contribution >= 0.6 is 28.1 Å². The van der Waals surface area contributed by atoms with Gasteiger partial charge in [-0.1, -0.05) is 33.6 Å². The molecule has 3 aromatic rings. The molecule has 35 heavy (non-hydrogen) atoms. The van der Waals surface area contributed by atoms with Gasteiger partial charge in [0.2, 0.25) is 5.91 Å². The first-order valence-corrected chi connectivity index (χ1v) is 12.5. The van der Waals surface area contributed by atoms with E-state index >= 15 is 0 Å². The lowest BCUT2D eigenvalue weighted by Gasteiger charge is -2.56. The van der Waals surface area contributed by atoms with Crippen LogP contribution in [0.15, 0.2) is 65.1 Å². The molecule has 0 spiro atoms. The molecule has 180 valence electrons. The van der Waals surface area contributed by atoms with E-state index in [1.54, 1.807) is 7.11 Å². The maximum absolute atomic E-state index is 14.0. The van der Waals surface area contributed by atoms with Crippen molar-refractivity contribution in [3.8, 4) is 11.5 Å². The number of methoxy groups -OCH3 is 1. The minimum Gasteiger partial charge on any atom is -0.497 e. The van der Waals surface area contributed by atoms with E-state index in [4.69, 9.17) is 21.7 Å². The molecule has 1 saturated heterocycles. The third kappa shape index (κ3) is 4.04. The van der Waals surface area contributed by atoms with E-state index in [0.717, 1.165) is 32.5 Å². The van der Waals surface area contributed by atoms with E-state index in [1.807, 2.05) is 80.3 Å². The van der Waals surface area contributed by atoms with Crippen LogP contribution in [0.5, 0.6) is 11.5 Å². The normalized spacial score (nSPS) is 22.5. The highest BCUT2D eigenvalue weighted by Crippen LogP contribution is 2.50. The molecule has 6 nitrogen and oxygen atoms in total. The second kappa shape index (κ2) is 8.84. The molecular formula is C27H26BrN3O3S. The van der Waals surface area contributed by atoms with Gasteiger partial charge in [-0.15, -0.1) is 0 Å². The number of benzene rings is 3. The number of hydrogen-bond donors (Lipinski definition) is 2. The molecule has 0 aromatic heterocycles. The largest absolute Gasteiger partial charge is 0.497 e. The van der Waals surface area contributed by atoms with Crippen LogP contribution in [0.2, 0.25) is 0 Å². The highest BCUT2D eigenvalue weighted by molar-refractivity contribution is 9.10. The molecular weight excluding hydrogens is 526 g/mol. The summed E-state index contributed by atoms with van der Waals surface area (Å²) in [6.07, 6.45) is 0. The topological polar surface area (TPSA) is 62.8 Å². The number of ether oxygens (including phenoxy) is 2. The number of hydrogen-bond acceptors (Lipinski definition) is 4. The summed E-state index contributed by atoms with van der Waals surface area (Å²) < 4.78 is 13.1. The molecule has 2 heterocycles. The average molecular weight is 552 g/mol. The summed E-state index contributed by atoms with van der Waals surface area (Å²) >= 11 is 9.32. The number of anilines is 2. The van der Waals surface area contributed by atoms with E-state index in [9.17, 15) is 4.79 Å². The molecule has 0 radical (unpaired) electrons. The first-order valence-electron chi connectivity index (χ1n) is 11.3. The van der Waals surface area contributed by atoms with Crippen LogP contribution in [0.3, 0.4) is 0 Å². The number of amides is 1. The van der Waals surface area contributed by atoms with Gasteiger partial charge in [0.15, 0.2) is 10.8 Å². The highest BCUT2D eigenvalue weighted by Gasteiger charge is 2.59. The van der Waals surface area contributed by atoms with Crippen LogP contribution in [-0.2, 0) is 4.79 Å². The van der Waals surface area contributed by atoms with Crippen molar-refractivity contribution in [3.05, 3.63) is 81.8 Å². The Balaban J connectivity index is 1.63. The number of fused-ring (bicyclic) bond motifs is 4. The van der Waals surface area contributed by atoms with Crippen LogP contribution in [0.4, 0.5) is 11.4 Å². The maximum atomic E-state index is 14.0. The Bertz CT molecular complexity index is 1330. The van der Waals surface area contributed by atoms with E-state index in [0.29, 0.717) is 16.6 Å². The van der Waals surface area contributed by atoms with Crippen LogP contribution in [0, 0.1) is 19.8 Å². The smallest absolute Gasteiger partial charge is 0.236 e. The molecule has 0 aliphatic carbocycles. The zero-order chi connectivity index (χ0) is 24.9. The second-order valence-electron chi connectivity index (χ2n) is 9.08. The Labute approximate surface area is 218 Å². The lowest BCUT2D eigenvalue weighted by Crippen LogP contribution is -2.72. The van der Waals surface area contributed by atoms with Crippen molar-refractivity contribution in [3.63, 3.8) is 0 Å². The average Bonchev–Trinajstić information content (AvgIpc) is 2.81. The summed E-state index contributed by atoms with van der Waals surface area (Å²) in [7, 11) is 1.62. The van der Waals surface area contributed by atoms with E-state index < -0.39 is 17.7 Å². The molecule has 3 atom stereocenters. The van der Waals surface area contributed by atoms with Crippen LogP contribution in [-0.4, -0.2) is 23.9 Å². The minimum absolute atomic E-state index is 0.157. The van der Waals surface area contributed by atoms with Crippen molar-refractivity contribution in [2.45, 2.75) is 32.5 Å². The quantitative estimate of drug-likeness (QED) is 0.395. The fraction of sp³-hybridized carbons (Fsp3) is 0.259. The lowest BCUT2D eigenvalue weighted by molar-refractivity contribution is -0.130. The molecule has 2 aliphatic heterocycles. The van der Waals surface area contributed by atoms with Crippen molar-refractivity contribution in [1.82, 2.24) is 5.32 Å². The Hall–Kier alpha value is -3.10. The molecule has 1 fully saturated rings. The molecule has 2 N–H and O–H groups in total. The molecule has 0 unspecified atom stereocenters. The van der Waals surface area contributed by atoms with Crippen molar-refractivity contribution < 1.29 is 14.3 Å². The summed E-state index contributed by atoms with van der Waals surface area (Å²) in [5.74, 6) is 0.590. The molecule has 3 aromatic carbocycles. The molecule has 0 saturated carbocycles. The maximum Gasteiger partial charge on any atom is 0.236 e. The van der Waals surface area contributed by atoms with Gasteiger partial charge in [-0.05, 0) is 87.1 Å². The Kier molecular flexibility index (Phi) is 5.97. The Morgan fingerprint density at radius 1 is 1.14 bits per heavy atom. The van der Waals surface area contributed by atoms with Gasteiger partial charge in [0.25, 0.3) is 0 Å². The van der Waals surface area contributed by atoms with E-state index in [-0.39, 0.29) is 5.91 Å². The summed E-state index contributed by atoms with van der Waals surface area (Å²) in [5, 5.41) is 7.07. The molecule has 8 heteroatoms. The van der Waals surface area contributed by atoms with Gasteiger partial charge in [-0.2, -0.15) is 0 Å². The van der Waals surface area contributed by atoms with Crippen LogP contribution in [0.1, 0.15) is 29.7 Å². The SMILES string of the molecule is COc1ccc2c(c1)[C@@H]1NC(=S)N(c3ccc(Br)cc3)[C@@](C)(O2)[C@@H]1C(=O)Nc1ccc(C)cc1C. The number of nitrogens with one attached hydrogen (secondary N) is 2. The lowest BCUT2D eigenvalue weighted by atomic mass is 9.78. The number of halogens is 1. The summed E-state index contributed by atoms with van der Waals surface area (Å²) in [5.41, 5.74) is 3.50. The number of rotatable bonds is 4. The zero-order valence-electron chi connectivity index (χ0n) is 19.9. The van der Waals surface area contributed by atoms with E-state index in [2.05, 4.69) is 32.6 Å². The number of nitrogens with zero attached hydrogens (tertiary/aromatic N) is 1. The van der Waals surface area contributed by atoms with Crippen LogP contribution in [0.25, 0.3) is 0 Å². The predicted octanol–water partition coefficient (Wildman–Crippen LogP) is 5.87. The number of aryl methyl sites for hydroxylation is 2. The Morgan fingerprint density at radius 3 is 2.57 bits per heavy atom. The fourth-order valence-corrected chi connectivity index (χ4v) is 5.71. The first-order chi connectivity index (χ1) is 16.7. The summed E-state index contributed by atoms with van der Waals surface area (Å²) in [4.78, 5) is 15.9. The third-order valence-corrected chi connectivity index (χ3v) is 7.54. The van der Waals surface area contributed by atoms with E-state index in [1.165, 1.54) is 0 Å². The monoisotopic (exact) mass is 551 g/mol.